The Morgan fingerprint density at radius 1 is 0.981 bits per heavy atom. The largest absolute Gasteiger partial charge is 0.459 e. The highest BCUT2D eigenvalue weighted by molar-refractivity contribution is 6.02. The first-order valence-corrected chi connectivity index (χ1v) is 17.6. The molecule has 2 aliphatic heterocycles. The van der Waals surface area contributed by atoms with E-state index in [4.69, 9.17) is 14.2 Å². The van der Waals surface area contributed by atoms with Crippen molar-refractivity contribution >= 4 is 35.8 Å². The van der Waals surface area contributed by atoms with Gasteiger partial charge in [-0.3, -0.25) is 14.4 Å². The Morgan fingerprint density at radius 3 is 2.25 bits per heavy atom. The second-order valence-corrected chi connectivity index (χ2v) is 13.6. The molecule has 3 unspecified atom stereocenters. The summed E-state index contributed by atoms with van der Waals surface area (Å²) in [5, 5.41) is 21.8. The molecular weight excluding hydrogens is 672 g/mol. The van der Waals surface area contributed by atoms with Crippen LogP contribution in [0.25, 0.3) is 0 Å². The number of nitrogens with one attached hydrogen (secondary N) is 4. The first-order chi connectivity index (χ1) is 24.9. The first-order valence-electron chi connectivity index (χ1n) is 17.6. The molecule has 0 spiro atoms. The lowest BCUT2D eigenvalue weighted by molar-refractivity contribution is -0.238. The molecule has 0 bridgehead atoms. The molecule has 2 heterocycles. The minimum Gasteiger partial charge on any atom is -0.459 e. The summed E-state index contributed by atoms with van der Waals surface area (Å²) in [7, 11) is 0. The fourth-order valence-electron chi connectivity index (χ4n) is 6.98. The predicted molar refractivity (Wildman–Crippen MR) is 186 cm³/mol. The predicted octanol–water partition coefficient (Wildman–Crippen LogP) is 2.33. The van der Waals surface area contributed by atoms with E-state index in [0.717, 1.165) is 24.0 Å². The van der Waals surface area contributed by atoms with E-state index in [-0.39, 0.29) is 44.9 Å². The molecule has 14 nitrogen and oxygen atoms in total. The van der Waals surface area contributed by atoms with Crippen LogP contribution in [0.4, 0.5) is 4.79 Å². The molecule has 4 amide bonds. The maximum absolute atomic E-state index is 13.1. The van der Waals surface area contributed by atoms with Gasteiger partial charge < -0.3 is 40.6 Å². The number of carbonyl (C=O) groups is 6. The highest BCUT2D eigenvalue weighted by atomic mass is 16.6. The van der Waals surface area contributed by atoms with Crippen molar-refractivity contribution in [2.75, 3.05) is 6.54 Å². The quantitative estimate of drug-likeness (QED) is 0.0976. The van der Waals surface area contributed by atoms with Gasteiger partial charge in [-0.1, -0.05) is 72.8 Å². The standard InChI is InChI=1S/C38H46N4O10/c1-24(40-36(49)51-23-26-14-8-4-9-15-26)32(45)41-29(34(47)50-22-25-12-6-3-7-13-25)18-19-30(43)39-21-20-28-33(46)42-38(35(48)52-37(28,38)2)31(44)27-16-10-5-11-17-27/h3-4,6-10,12-16,24,27-29,31,44H,5,11,17-23H2,1-2H3,(H,39,43)(H,40,49)(H,41,45)(H,42,46)/t24-,27?,28-,29-,31-,37?,38?/m0/s1. The molecule has 14 heteroatoms. The Hall–Kier alpha value is -5.24. The summed E-state index contributed by atoms with van der Waals surface area (Å²) >= 11 is 0. The second kappa shape index (κ2) is 16.9. The minimum absolute atomic E-state index is 0.00125. The Bertz CT molecular complexity index is 1650. The van der Waals surface area contributed by atoms with Gasteiger partial charge >= 0.3 is 18.0 Å². The molecule has 2 saturated heterocycles. The van der Waals surface area contributed by atoms with Gasteiger partial charge in [-0.15, -0.1) is 0 Å². The zero-order valence-electron chi connectivity index (χ0n) is 29.3. The SMILES string of the molecule is C[C@H](NC(=O)OCc1ccccc1)C(=O)N[C@@H](CCC(=O)NCC[C@H]1C(=O)NC2([C@@H](O)C3C=CCCC3)C(=O)OC12C)C(=O)OCc1ccccc1. The van der Waals surface area contributed by atoms with E-state index in [0.29, 0.717) is 6.42 Å². The lowest BCUT2D eigenvalue weighted by Crippen LogP contribution is -2.80. The molecule has 7 atom stereocenters. The molecule has 52 heavy (non-hydrogen) atoms. The average Bonchev–Trinajstić information content (AvgIpc) is 3.33. The van der Waals surface area contributed by atoms with Crippen molar-refractivity contribution in [2.45, 2.75) is 94.9 Å². The van der Waals surface area contributed by atoms with Gasteiger partial charge in [0.05, 0.1) is 12.0 Å². The number of rotatable bonds is 16. The molecule has 0 saturated carbocycles. The van der Waals surface area contributed by atoms with E-state index in [1.54, 1.807) is 55.5 Å². The maximum Gasteiger partial charge on any atom is 0.408 e. The fraction of sp³-hybridized carbons (Fsp3) is 0.474. The summed E-state index contributed by atoms with van der Waals surface area (Å²) in [5.41, 5.74) is -1.38. The van der Waals surface area contributed by atoms with Crippen molar-refractivity contribution in [1.29, 1.82) is 0 Å². The first kappa shape index (κ1) is 38.0. The van der Waals surface area contributed by atoms with Crippen LogP contribution in [-0.2, 0) is 51.4 Å². The number of aliphatic hydroxyl groups is 1. The second-order valence-electron chi connectivity index (χ2n) is 13.6. The van der Waals surface area contributed by atoms with Crippen molar-refractivity contribution < 1.29 is 48.1 Å². The normalized spacial score (nSPS) is 24.8. The Balaban J connectivity index is 1.13. The summed E-state index contributed by atoms with van der Waals surface area (Å²) in [6.07, 6.45) is 4.08. The van der Waals surface area contributed by atoms with Gasteiger partial charge in [0, 0.05) is 18.9 Å². The Labute approximate surface area is 302 Å². The molecule has 0 aromatic heterocycles. The molecule has 2 aromatic rings. The van der Waals surface area contributed by atoms with Gasteiger partial charge in [-0.05, 0) is 57.1 Å². The number of hydrogen-bond donors (Lipinski definition) is 5. The van der Waals surface area contributed by atoms with Crippen LogP contribution >= 0.6 is 0 Å². The van der Waals surface area contributed by atoms with Crippen molar-refractivity contribution in [3.63, 3.8) is 0 Å². The minimum atomic E-state index is -1.57. The molecule has 2 aromatic carbocycles. The summed E-state index contributed by atoms with van der Waals surface area (Å²) in [4.78, 5) is 77.4. The van der Waals surface area contributed by atoms with Crippen LogP contribution in [0.15, 0.2) is 72.8 Å². The topological polar surface area (TPSA) is 198 Å². The molecule has 2 fully saturated rings. The molecule has 278 valence electrons. The van der Waals surface area contributed by atoms with Crippen LogP contribution in [0, 0.1) is 11.8 Å². The van der Waals surface area contributed by atoms with Crippen molar-refractivity contribution in [2.24, 2.45) is 11.8 Å². The number of alkyl carbamates (subject to hydrolysis) is 1. The number of benzene rings is 2. The average molecular weight is 719 g/mol. The van der Waals surface area contributed by atoms with Gasteiger partial charge in [-0.2, -0.15) is 0 Å². The fourth-order valence-corrected chi connectivity index (χ4v) is 6.98. The van der Waals surface area contributed by atoms with Gasteiger partial charge in [0.15, 0.2) is 5.60 Å². The highest BCUT2D eigenvalue weighted by Gasteiger charge is 2.79. The molecule has 5 rings (SSSR count). The zero-order valence-corrected chi connectivity index (χ0v) is 29.3. The number of hydrogen-bond acceptors (Lipinski definition) is 10. The van der Waals surface area contributed by atoms with E-state index in [2.05, 4.69) is 21.3 Å². The molecule has 0 radical (unpaired) electrons. The van der Waals surface area contributed by atoms with Crippen molar-refractivity contribution in [3.8, 4) is 0 Å². The highest BCUT2D eigenvalue weighted by Crippen LogP contribution is 2.53. The number of esters is 2. The van der Waals surface area contributed by atoms with Crippen molar-refractivity contribution in [3.05, 3.63) is 83.9 Å². The van der Waals surface area contributed by atoms with Gasteiger partial charge in [0.1, 0.15) is 25.3 Å². The maximum atomic E-state index is 13.1. The van der Waals surface area contributed by atoms with E-state index in [9.17, 15) is 33.9 Å². The lowest BCUT2D eigenvalue weighted by Gasteiger charge is -2.54. The summed E-state index contributed by atoms with van der Waals surface area (Å²) in [6.45, 7) is 3.04. The van der Waals surface area contributed by atoms with Crippen LogP contribution in [0.1, 0.15) is 63.5 Å². The summed E-state index contributed by atoms with van der Waals surface area (Å²) in [5.74, 6) is -4.17. The number of allylic oxidation sites excluding steroid dienone is 1. The molecule has 1 aliphatic carbocycles. The monoisotopic (exact) mass is 718 g/mol. The number of ether oxygens (including phenoxy) is 3. The van der Waals surface area contributed by atoms with Crippen LogP contribution < -0.4 is 21.3 Å². The number of fused-ring (bicyclic) bond motifs is 1. The van der Waals surface area contributed by atoms with Gasteiger partial charge in [0.2, 0.25) is 23.3 Å². The van der Waals surface area contributed by atoms with E-state index < -0.39 is 71.0 Å². The molecular formula is C38H46N4O10. The third kappa shape index (κ3) is 8.44. The van der Waals surface area contributed by atoms with Gasteiger partial charge in [-0.25, -0.2) is 14.4 Å². The van der Waals surface area contributed by atoms with Crippen LogP contribution in [0.2, 0.25) is 0 Å². The third-order valence-electron chi connectivity index (χ3n) is 10.0. The van der Waals surface area contributed by atoms with E-state index in [1.165, 1.54) is 6.92 Å². The smallest absolute Gasteiger partial charge is 0.408 e. The third-order valence-corrected chi connectivity index (χ3v) is 10.0. The zero-order chi connectivity index (χ0) is 37.3. The summed E-state index contributed by atoms with van der Waals surface area (Å²) < 4.78 is 16.2. The molecule has 3 aliphatic rings. The number of aliphatic hydroxyl groups excluding tert-OH is 1. The van der Waals surface area contributed by atoms with E-state index in [1.807, 2.05) is 24.3 Å². The van der Waals surface area contributed by atoms with Crippen LogP contribution in [0.3, 0.4) is 0 Å². The number of amides is 4. The van der Waals surface area contributed by atoms with Crippen LogP contribution in [-0.4, -0.2) is 76.7 Å². The van der Waals surface area contributed by atoms with Gasteiger partial charge in [0.25, 0.3) is 0 Å². The Morgan fingerprint density at radius 2 is 1.63 bits per heavy atom. The van der Waals surface area contributed by atoms with Crippen LogP contribution in [0.5, 0.6) is 0 Å². The Kier molecular flexibility index (Phi) is 12.3. The van der Waals surface area contributed by atoms with Crippen molar-refractivity contribution in [1.82, 2.24) is 21.3 Å². The molecule has 5 N–H and O–H groups in total. The number of carbonyl (C=O) groups excluding carboxylic acids is 6. The van der Waals surface area contributed by atoms with E-state index >= 15 is 0 Å². The summed E-state index contributed by atoms with van der Waals surface area (Å²) in [6, 6.07) is 15.6. The lowest BCUT2D eigenvalue weighted by atomic mass is 9.64.